The summed E-state index contributed by atoms with van der Waals surface area (Å²) in [5, 5.41) is 3.88. The van der Waals surface area contributed by atoms with E-state index in [4.69, 9.17) is 5.73 Å². The van der Waals surface area contributed by atoms with Gasteiger partial charge in [0.25, 0.3) is 0 Å². The van der Waals surface area contributed by atoms with Crippen LogP contribution in [0.2, 0.25) is 0 Å². The molecule has 1 aliphatic rings. The van der Waals surface area contributed by atoms with Crippen LogP contribution in [0.1, 0.15) is 44.2 Å². The molecule has 1 saturated carbocycles. The summed E-state index contributed by atoms with van der Waals surface area (Å²) < 4.78 is 0. The van der Waals surface area contributed by atoms with Gasteiger partial charge in [0.1, 0.15) is 0 Å². The summed E-state index contributed by atoms with van der Waals surface area (Å²) >= 11 is 1.91. The highest BCUT2D eigenvalue weighted by Gasteiger charge is 2.27. The van der Waals surface area contributed by atoms with Crippen LogP contribution in [0.15, 0.2) is 30.3 Å². The monoisotopic (exact) mass is 342 g/mol. The van der Waals surface area contributed by atoms with Crippen molar-refractivity contribution in [2.45, 2.75) is 49.9 Å². The fourth-order valence-corrected chi connectivity index (χ4v) is 3.78. The summed E-state index contributed by atoms with van der Waals surface area (Å²) in [5.74, 6) is -0.125. The van der Waals surface area contributed by atoms with Crippen molar-refractivity contribution in [2.75, 3.05) is 6.26 Å². The summed E-state index contributed by atoms with van der Waals surface area (Å²) in [4.78, 5) is 12.4. The molecule has 1 amide bonds. The van der Waals surface area contributed by atoms with E-state index < -0.39 is 0 Å². The van der Waals surface area contributed by atoms with Crippen LogP contribution in [-0.2, 0) is 4.79 Å². The summed E-state index contributed by atoms with van der Waals surface area (Å²) in [7, 11) is 0. The van der Waals surface area contributed by atoms with Crippen molar-refractivity contribution in [2.24, 2.45) is 11.7 Å². The lowest BCUT2D eigenvalue weighted by Crippen LogP contribution is -2.43. The van der Waals surface area contributed by atoms with Crippen molar-refractivity contribution in [3.8, 4) is 0 Å². The molecule has 0 aromatic heterocycles. The van der Waals surface area contributed by atoms with Crippen LogP contribution in [-0.4, -0.2) is 23.5 Å². The molecule has 1 aliphatic carbocycles. The predicted molar refractivity (Wildman–Crippen MR) is 97.5 cm³/mol. The molecule has 5 heteroatoms. The molecule has 0 saturated heterocycles. The minimum atomic E-state index is -0.244. The molecule has 4 atom stereocenters. The molecule has 3 N–H and O–H groups in total. The average Bonchev–Trinajstić information content (AvgIpc) is 2.54. The molecular formula is C17H27ClN2OS. The Hall–Kier alpha value is -0.710. The molecule has 4 unspecified atom stereocenters. The van der Waals surface area contributed by atoms with Gasteiger partial charge >= 0.3 is 0 Å². The number of amides is 1. The first kappa shape index (κ1) is 19.3. The number of nitrogens with two attached hydrogens (primary N) is 1. The minimum absolute atomic E-state index is 0. The van der Waals surface area contributed by atoms with Crippen LogP contribution < -0.4 is 11.1 Å². The van der Waals surface area contributed by atoms with E-state index in [1.807, 2.05) is 49.0 Å². The Bertz CT molecular complexity index is 457. The van der Waals surface area contributed by atoms with Crippen LogP contribution >= 0.6 is 24.2 Å². The van der Waals surface area contributed by atoms with E-state index in [0.717, 1.165) is 18.4 Å². The topological polar surface area (TPSA) is 55.1 Å². The second-order valence-electron chi connectivity index (χ2n) is 5.95. The van der Waals surface area contributed by atoms with Gasteiger partial charge in [0.05, 0.1) is 5.92 Å². The van der Waals surface area contributed by atoms with Crippen LogP contribution in [0.3, 0.4) is 0 Å². The van der Waals surface area contributed by atoms with Gasteiger partial charge in [0.2, 0.25) is 5.91 Å². The van der Waals surface area contributed by atoms with Gasteiger partial charge in [-0.2, -0.15) is 11.8 Å². The molecule has 1 aromatic carbocycles. The lowest BCUT2D eigenvalue weighted by atomic mass is 9.92. The second-order valence-corrected chi connectivity index (χ2v) is 7.09. The molecule has 2 rings (SSSR count). The van der Waals surface area contributed by atoms with Crippen molar-refractivity contribution in [3.63, 3.8) is 0 Å². The first-order valence-corrected chi connectivity index (χ1v) is 9.04. The summed E-state index contributed by atoms with van der Waals surface area (Å²) in [6.07, 6.45) is 6.81. The molecular weight excluding hydrogens is 316 g/mol. The van der Waals surface area contributed by atoms with E-state index in [9.17, 15) is 4.79 Å². The van der Waals surface area contributed by atoms with Crippen LogP contribution in [0.4, 0.5) is 0 Å². The molecule has 0 spiro atoms. The first-order chi connectivity index (χ1) is 10.1. The third kappa shape index (κ3) is 5.18. The third-order valence-corrected chi connectivity index (χ3v) is 5.54. The molecule has 0 bridgehead atoms. The van der Waals surface area contributed by atoms with E-state index in [1.54, 1.807) is 0 Å². The van der Waals surface area contributed by atoms with Gasteiger partial charge in [-0.25, -0.2) is 0 Å². The quantitative estimate of drug-likeness (QED) is 0.860. The van der Waals surface area contributed by atoms with Gasteiger partial charge in [-0.15, -0.1) is 12.4 Å². The molecule has 22 heavy (non-hydrogen) atoms. The fourth-order valence-electron chi connectivity index (χ4n) is 2.95. The molecule has 124 valence electrons. The van der Waals surface area contributed by atoms with Gasteiger partial charge in [-0.05, 0) is 31.1 Å². The van der Waals surface area contributed by atoms with Crippen molar-refractivity contribution >= 4 is 30.1 Å². The molecule has 3 nitrogen and oxygen atoms in total. The number of nitrogens with one attached hydrogen (secondary N) is 1. The maximum absolute atomic E-state index is 12.4. The molecule has 1 aromatic rings. The summed E-state index contributed by atoms with van der Waals surface area (Å²) in [6.45, 7) is 1.92. The van der Waals surface area contributed by atoms with Crippen molar-refractivity contribution in [3.05, 3.63) is 35.9 Å². The largest absolute Gasteiger partial charge is 0.353 e. The highest BCUT2D eigenvalue weighted by molar-refractivity contribution is 7.99. The Balaban J connectivity index is 0.00000242. The highest BCUT2D eigenvalue weighted by atomic mass is 35.5. The third-order valence-electron chi connectivity index (χ3n) is 4.44. The summed E-state index contributed by atoms with van der Waals surface area (Å²) in [5.41, 5.74) is 7.25. The zero-order valence-corrected chi connectivity index (χ0v) is 15.0. The lowest BCUT2D eigenvalue weighted by molar-refractivity contribution is -0.126. The predicted octanol–water partition coefficient (Wildman–Crippen LogP) is 3.53. The second kappa shape index (κ2) is 9.43. The number of hydrogen-bond donors (Lipinski definition) is 2. The maximum Gasteiger partial charge on any atom is 0.224 e. The van der Waals surface area contributed by atoms with Gasteiger partial charge < -0.3 is 11.1 Å². The molecule has 1 fully saturated rings. The Morgan fingerprint density at radius 2 is 2.00 bits per heavy atom. The zero-order chi connectivity index (χ0) is 15.2. The number of thioether (sulfide) groups is 1. The Kier molecular flexibility index (Phi) is 8.29. The number of benzene rings is 1. The van der Waals surface area contributed by atoms with E-state index in [2.05, 4.69) is 11.6 Å². The highest BCUT2D eigenvalue weighted by Crippen LogP contribution is 2.27. The van der Waals surface area contributed by atoms with Crippen LogP contribution in [0.25, 0.3) is 0 Å². The Morgan fingerprint density at radius 3 is 2.64 bits per heavy atom. The Labute approximate surface area is 144 Å². The fraction of sp³-hybridized carbons (Fsp3) is 0.588. The van der Waals surface area contributed by atoms with Crippen LogP contribution in [0, 0.1) is 5.92 Å². The smallest absolute Gasteiger partial charge is 0.224 e. The van der Waals surface area contributed by atoms with Crippen molar-refractivity contribution in [1.82, 2.24) is 5.32 Å². The maximum atomic E-state index is 12.4. The van der Waals surface area contributed by atoms with Gasteiger partial charge in [0.15, 0.2) is 0 Å². The van der Waals surface area contributed by atoms with Crippen molar-refractivity contribution in [1.29, 1.82) is 0 Å². The molecule has 0 radical (unpaired) electrons. The number of rotatable bonds is 5. The standard InChI is InChI=1S/C17H26N2OS.ClH/c1-12(16(18)13-7-4-3-5-8-13)17(20)19-14-9-6-10-15(11-14)21-2;/h3-5,7-8,12,14-16H,6,9-11,18H2,1-2H3,(H,19,20);1H. The zero-order valence-electron chi connectivity index (χ0n) is 13.3. The number of hydrogen-bond acceptors (Lipinski definition) is 3. The number of halogens is 1. The van der Waals surface area contributed by atoms with Gasteiger partial charge in [-0.1, -0.05) is 43.7 Å². The number of carbonyl (C=O) groups is 1. The van der Waals surface area contributed by atoms with E-state index in [0.29, 0.717) is 11.3 Å². The van der Waals surface area contributed by atoms with Gasteiger partial charge in [-0.3, -0.25) is 4.79 Å². The first-order valence-electron chi connectivity index (χ1n) is 7.75. The number of carbonyl (C=O) groups excluding carboxylic acids is 1. The molecule has 0 aliphatic heterocycles. The van der Waals surface area contributed by atoms with Crippen LogP contribution in [0.5, 0.6) is 0 Å². The van der Waals surface area contributed by atoms with E-state index in [-0.39, 0.29) is 30.3 Å². The Morgan fingerprint density at radius 1 is 1.32 bits per heavy atom. The normalized spacial score (nSPS) is 24.0. The average molecular weight is 343 g/mol. The van der Waals surface area contributed by atoms with E-state index in [1.165, 1.54) is 12.8 Å². The summed E-state index contributed by atoms with van der Waals surface area (Å²) in [6, 6.07) is 9.93. The minimum Gasteiger partial charge on any atom is -0.353 e. The van der Waals surface area contributed by atoms with E-state index >= 15 is 0 Å². The van der Waals surface area contributed by atoms with Crippen molar-refractivity contribution < 1.29 is 4.79 Å². The molecule has 0 heterocycles. The van der Waals surface area contributed by atoms with Gasteiger partial charge in [0, 0.05) is 17.3 Å². The lowest BCUT2D eigenvalue weighted by Gasteiger charge is -2.30. The SMILES string of the molecule is CSC1CCCC(NC(=O)C(C)C(N)c2ccccc2)C1.Cl.